The monoisotopic (exact) mass is 191 g/mol. The van der Waals surface area contributed by atoms with Crippen molar-refractivity contribution in [2.45, 2.75) is 12.5 Å². The first-order valence-corrected chi connectivity index (χ1v) is 4.63. The molecule has 0 radical (unpaired) electrons. The van der Waals surface area contributed by atoms with Gasteiger partial charge in [-0.25, -0.2) is 0 Å². The summed E-state index contributed by atoms with van der Waals surface area (Å²) in [5, 5.41) is 14.0. The van der Waals surface area contributed by atoms with E-state index < -0.39 is 11.9 Å². The quantitative estimate of drug-likeness (QED) is 0.683. The maximum absolute atomic E-state index is 10.8. The number of nitrogens with zero attached hydrogens (tertiary/aromatic N) is 1. The fraction of sp³-hybridized carbons (Fsp3) is 0.400. The molecule has 1 aliphatic rings. The third-order valence-electron chi connectivity index (χ3n) is 2.57. The summed E-state index contributed by atoms with van der Waals surface area (Å²) in [6, 6.07) is 3.54. The normalized spacial score (nSPS) is 26.3. The molecule has 1 saturated heterocycles. The molecule has 1 aromatic rings. The summed E-state index contributed by atoms with van der Waals surface area (Å²) in [5.74, 6) is -1.41. The summed E-state index contributed by atoms with van der Waals surface area (Å²) >= 11 is 0. The summed E-state index contributed by atoms with van der Waals surface area (Å²) in [6.45, 7) is 0.720. The zero-order valence-electron chi connectivity index (χ0n) is 7.64. The van der Waals surface area contributed by atoms with Crippen molar-refractivity contribution in [2.24, 2.45) is 5.92 Å². The van der Waals surface area contributed by atoms with Crippen LogP contribution in [0.2, 0.25) is 0 Å². The molecule has 0 spiro atoms. The number of pyridine rings is 1. The van der Waals surface area contributed by atoms with Gasteiger partial charge in [-0.2, -0.15) is 0 Å². The SMILES string of the molecule is O=C([O-])C1CCNC1c1cccnc1. The van der Waals surface area contributed by atoms with Gasteiger partial charge in [-0.3, -0.25) is 4.98 Å². The molecule has 4 heteroatoms. The minimum Gasteiger partial charge on any atom is -0.550 e. The molecule has 1 aliphatic heterocycles. The van der Waals surface area contributed by atoms with Crippen molar-refractivity contribution in [3.05, 3.63) is 30.1 Å². The van der Waals surface area contributed by atoms with Crippen LogP contribution in [0.5, 0.6) is 0 Å². The Balaban J connectivity index is 2.22. The van der Waals surface area contributed by atoms with Crippen LogP contribution in [-0.4, -0.2) is 17.5 Å². The van der Waals surface area contributed by atoms with Gasteiger partial charge < -0.3 is 15.2 Å². The number of hydrogen-bond donors (Lipinski definition) is 1. The molecule has 0 aromatic carbocycles. The number of rotatable bonds is 2. The molecule has 4 nitrogen and oxygen atoms in total. The Hall–Kier alpha value is -1.42. The van der Waals surface area contributed by atoms with E-state index in [-0.39, 0.29) is 6.04 Å². The average molecular weight is 191 g/mol. The molecule has 2 rings (SSSR count). The zero-order chi connectivity index (χ0) is 9.97. The summed E-state index contributed by atoms with van der Waals surface area (Å²) in [4.78, 5) is 14.8. The summed E-state index contributed by atoms with van der Waals surface area (Å²) in [6.07, 6.45) is 3.99. The maximum atomic E-state index is 10.8. The van der Waals surface area contributed by atoms with Crippen LogP contribution in [0.4, 0.5) is 0 Å². The average Bonchev–Trinajstić information content (AvgIpc) is 2.67. The van der Waals surface area contributed by atoms with Crippen molar-refractivity contribution >= 4 is 5.97 Å². The predicted octanol–water partition coefficient (Wildman–Crippen LogP) is -0.518. The predicted molar refractivity (Wildman–Crippen MR) is 48.1 cm³/mol. The largest absolute Gasteiger partial charge is 0.550 e. The third kappa shape index (κ3) is 1.61. The summed E-state index contributed by atoms with van der Waals surface area (Å²) < 4.78 is 0. The number of carbonyl (C=O) groups is 1. The van der Waals surface area contributed by atoms with Crippen LogP contribution >= 0.6 is 0 Å². The van der Waals surface area contributed by atoms with Gasteiger partial charge in [0.25, 0.3) is 0 Å². The van der Waals surface area contributed by atoms with Gasteiger partial charge in [-0.1, -0.05) is 6.07 Å². The summed E-state index contributed by atoms with van der Waals surface area (Å²) in [5.41, 5.74) is 0.916. The van der Waals surface area contributed by atoms with E-state index in [2.05, 4.69) is 10.3 Å². The van der Waals surface area contributed by atoms with Crippen LogP contribution in [0.15, 0.2) is 24.5 Å². The highest BCUT2D eigenvalue weighted by molar-refractivity contribution is 5.69. The van der Waals surface area contributed by atoms with Crippen LogP contribution in [0, 0.1) is 5.92 Å². The number of carboxylic acids is 1. The molecule has 2 heterocycles. The number of carboxylic acid groups (broad SMARTS) is 1. The van der Waals surface area contributed by atoms with E-state index in [9.17, 15) is 9.90 Å². The smallest absolute Gasteiger partial charge is 0.0464 e. The fourth-order valence-electron chi connectivity index (χ4n) is 1.87. The first-order chi connectivity index (χ1) is 6.79. The lowest BCUT2D eigenvalue weighted by Crippen LogP contribution is -2.34. The van der Waals surface area contributed by atoms with Crippen molar-refractivity contribution < 1.29 is 9.90 Å². The van der Waals surface area contributed by atoms with Gasteiger partial charge >= 0.3 is 0 Å². The topological polar surface area (TPSA) is 65.0 Å². The van der Waals surface area contributed by atoms with E-state index in [4.69, 9.17) is 0 Å². The highest BCUT2D eigenvalue weighted by Crippen LogP contribution is 2.28. The molecule has 2 unspecified atom stereocenters. The lowest BCUT2D eigenvalue weighted by atomic mass is 9.96. The minimum atomic E-state index is -0.983. The Morgan fingerprint density at radius 2 is 2.50 bits per heavy atom. The maximum Gasteiger partial charge on any atom is 0.0464 e. The van der Waals surface area contributed by atoms with Gasteiger partial charge in [0, 0.05) is 30.3 Å². The zero-order valence-corrected chi connectivity index (χ0v) is 7.64. The Kier molecular flexibility index (Phi) is 2.45. The number of carbonyl (C=O) groups excluding carboxylic acids is 1. The van der Waals surface area contributed by atoms with E-state index in [1.54, 1.807) is 12.4 Å². The molecule has 0 bridgehead atoms. The second-order valence-electron chi connectivity index (χ2n) is 3.43. The van der Waals surface area contributed by atoms with Crippen LogP contribution in [-0.2, 0) is 4.79 Å². The first kappa shape index (κ1) is 9.15. The van der Waals surface area contributed by atoms with Crippen molar-refractivity contribution in [1.29, 1.82) is 0 Å². The molecule has 1 fully saturated rings. The van der Waals surface area contributed by atoms with Gasteiger partial charge in [0.1, 0.15) is 0 Å². The van der Waals surface area contributed by atoms with Gasteiger partial charge in [0.2, 0.25) is 0 Å². The summed E-state index contributed by atoms with van der Waals surface area (Å²) in [7, 11) is 0. The van der Waals surface area contributed by atoms with Crippen molar-refractivity contribution in [3.8, 4) is 0 Å². The minimum absolute atomic E-state index is 0.145. The molecular weight excluding hydrogens is 180 g/mol. The van der Waals surface area contributed by atoms with E-state index in [0.717, 1.165) is 12.1 Å². The Morgan fingerprint density at radius 3 is 3.14 bits per heavy atom. The lowest BCUT2D eigenvalue weighted by Gasteiger charge is -2.20. The lowest BCUT2D eigenvalue weighted by molar-refractivity contribution is -0.311. The van der Waals surface area contributed by atoms with E-state index >= 15 is 0 Å². The highest BCUT2D eigenvalue weighted by Gasteiger charge is 2.28. The fourth-order valence-corrected chi connectivity index (χ4v) is 1.87. The Morgan fingerprint density at radius 1 is 1.64 bits per heavy atom. The molecule has 1 N–H and O–H groups in total. The molecule has 14 heavy (non-hydrogen) atoms. The van der Waals surface area contributed by atoms with Crippen LogP contribution in [0.1, 0.15) is 18.0 Å². The van der Waals surface area contributed by atoms with Crippen LogP contribution in [0.3, 0.4) is 0 Å². The van der Waals surface area contributed by atoms with Crippen LogP contribution in [0.25, 0.3) is 0 Å². The van der Waals surface area contributed by atoms with Gasteiger partial charge in [-0.15, -0.1) is 0 Å². The third-order valence-corrected chi connectivity index (χ3v) is 2.57. The van der Waals surface area contributed by atoms with Crippen molar-refractivity contribution in [3.63, 3.8) is 0 Å². The molecule has 0 amide bonds. The molecule has 74 valence electrons. The van der Waals surface area contributed by atoms with E-state index in [1.165, 1.54) is 0 Å². The second kappa shape index (κ2) is 3.75. The van der Waals surface area contributed by atoms with E-state index in [1.807, 2.05) is 12.1 Å². The van der Waals surface area contributed by atoms with Gasteiger partial charge in [0.15, 0.2) is 0 Å². The number of aliphatic carboxylic acids is 1. The number of hydrogen-bond acceptors (Lipinski definition) is 4. The number of nitrogens with one attached hydrogen (secondary N) is 1. The van der Waals surface area contributed by atoms with Gasteiger partial charge in [0.05, 0.1) is 0 Å². The highest BCUT2D eigenvalue weighted by atomic mass is 16.4. The van der Waals surface area contributed by atoms with Crippen molar-refractivity contribution in [2.75, 3.05) is 6.54 Å². The molecule has 2 atom stereocenters. The molecular formula is C10H11N2O2-. The Bertz CT molecular complexity index is 326. The second-order valence-corrected chi connectivity index (χ2v) is 3.43. The molecule has 0 aliphatic carbocycles. The van der Waals surface area contributed by atoms with Crippen molar-refractivity contribution in [1.82, 2.24) is 10.3 Å². The molecule has 1 aromatic heterocycles. The van der Waals surface area contributed by atoms with Gasteiger partial charge in [-0.05, 0) is 24.6 Å². The Labute approximate surface area is 82.0 Å². The van der Waals surface area contributed by atoms with Crippen LogP contribution < -0.4 is 10.4 Å². The molecule has 0 saturated carbocycles. The first-order valence-electron chi connectivity index (χ1n) is 4.63. The standard InChI is InChI=1S/C10H12N2O2/c13-10(14)8-3-5-12-9(8)7-2-1-4-11-6-7/h1-2,4,6,8-9,12H,3,5H2,(H,13,14)/p-1. The van der Waals surface area contributed by atoms with E-state index in [0.29, 0.717) is 6.42 Å². The number of aromatic nitrogens is 1.